The molecule has 0 radical (unpaired) electrons. The summed E-state index contributed by atoms with van der Waals surface area (Å²) in [7, 11) is 0. The fourth-order valence-electron chi connectivity index (χ4n) is 3.62. The van der Waals surface area contributed by atoms with Gasteiger partial charge in [0.2, 0.25) is 11.7 Å². The highest BCUT2D eigenvalue weighted by Gasteiger charge is 2.35. The van der Waals surface area contributed by atoms with Crippen molar-refractivity contribution in [3.05, 3.63) is 86.9 Å². The number of benzene rings is 3. The quantitative estimate of drug-likeness (QED) is 0.233. The summed E-state index contributed by atoms with van der Waals surface area (Å²) in [5, 5.41) is 11.6. The maximum Gasteiger partial charge on any atom is 0.416 e. The number of thioether (sulfide) groups is 1. The van der Waals surface area contributed by atoms with Crippen LogP contribution in [0.5, 0.6) is 17.2 Å². The second-order valence-corrected chi connectivity index (χ2v) is 9.09. The lowest BCUT2D eigenvalue weighted by Crippen LogP contribution is -2.27. The van der Waals surface area contributed by atoms with Crippen molar-refractivity contribution in [3.8, 4) is 17.2 Å². The molecule has 1 aliphatic rings. The van der Waals surface area contributed by atoms with Gasteiger partial charge in [0, 0.05) is 16.8 Å². The van der Waals surface area contributed by atoms with Crippen molar-refractivity contribution in [1.82, 2.24) is 0 Å². The Hall–Kier alpha value is -3.44. The molecular weight excluding hydrogens is 521 g/mol. The van der Waals surface area contributed by atoms with E-state index in [1.165, 1.54) is 17.8 Å². The van der Waals surface area contributed by atoms with E-state index in [1.807, 2.05) is 0 Å². The van der Waals surface area contributed by atoms with Crippen LogP contribution in [0, 0.1) is 10.1 Å². The summed E-state index contributed by atoms with van der Waals surface area (Å²) >= 11 is 7.38. The van der Waals surface area contributed by atoms with E-state index >= 15 is 0 Å². The van der Waals surface area contributed by atoms with Gasteiger partial charge in [-0.1, -0.05) is 17.7 Å². The molecule has 1 saturated heterocycles. The molecule has 3 aromatic rings. The van der Waals surface area contributed by atoms with Crippen LogP contribution in [0.4, 0.5) is 24.5 Å². The molecule has 0 N–H and O–H groups in total. The summed E-state index contributed by atoms with van der Waals surface area (Å²) in [6.45, 7) is 1.96. The van der Waals surface area contributed by atoms with Gasteiger partial charge < -0.3 is 9.47 Å². The number of carbonyl (C=O) groups is 1. The molecule has 0 aromatic heterocycles. The predicted octanol–water partition coefficient (Wildman–Crippen LogP) is 7.24. The monoisotopic (exact) mass is 538 g/mol. The van der Waals surface area contributed by atoms with Crippen LogP contribution in [0.1, 0.15) is 23.4 Å². The lowest BCUT2D eigenvalue weighted by molar-refractivity contribution is -0.385. The second-order valence-electron chi connectivity index (χ2n) is 7.58. The summed E-state index contributed by atoms with van der Waals surface area (Å²) in [6.07, 6.45) is -4.74. The standard InChI is InChI=1S/C24H18ClF3N2O5S/c1-2-34-21-11-14(23-29(22(31)13-36-23)17-7-5-16(25)6-8-17)3-9-20(21)35-19-10-4-15(24(26,27)28)12-18(19)30(32)33/h3-12,23H,2,13H2,1H3/t23-/m1/s1. The van der Waals surface area contributed by atoms with E-state index in [-0.39, 0.29) is 40.9 Å². The molecule has 1 atom stereocenters. The number of nitrogens with zero attached hydrogens (tertiary/aromatic N) is 2. The van der Waals surface area contributed by atoms with Crippen LogP contribution in [0.15, 0.2) is 60.7 Å². The number of halogens is 4. The molecule has 188 valence electrons. The van der Waals surface area contributed by atoms with Crippen molar-refractivity contribution >= 4 is 40.6 Å². The van der Waals surface area contributed by atoms with E-state index in [1.54, 1.807) is 48.2 Å². The van der Waals surface area contributed by atoms with Crippen LogP contribution in [0.3, 0.4) is 0 Å². The Kier molecular flexibility index (Phi) is 7.32. The Bertz CT molecular complexity index is 1300. The zero-order chi connectivity index (χ0) is 26.0. The average molecular weight is 539 g/mol. The first-order valence-electron chi connectivity index (χ1n) is 10.6. The van der Waals surface area contributed by atoms with Crippen LogP contribution in [0.25, 0.3) is 0 Å². The maximum absolute atomic E-state index is 13.0. The van der Waals surface area contributed by atoms with E-state index in [0.29, 0.717) is 28.4 Å². The number of amides is 1. The zero-order valence-electron chi connectivity index (χ0n) is 18.6. The van der Waals surface area contributed by atoms with Gasteiger partial charge in [0.25, 0.3) is 0 Å². The molecule has 3 aromatic carbocycles. The summed E-state index contributed by atoms with van der Waals surface area (Å²) in [5.41, 5.74) is -0.620. The molecule has 0 saturated carbocycles. The van der Waals surface area contributed by atoms with Gasteiger partial charge in [-0.15, -0.1) is 11.8 Å². The SMILES string of the molecule is CCOc1cc([C@H]2SCC(=O)N2c2ccc(Cl)cc2)ccc1Oc1ccc(C(F)(F)F)cc1[N+](=O)[O-]. The first kappa shape index (κ1) is 25.6. The first-order valence-corrected chi connectivity index (χ1v) is 12.0. The number of rotatable bonds is 7. The van der Waals surface area contributed by atoms with Gasteiger partial charge in [0.15, 0.2) is 11.5 Å². The topological polar surface area (TPSA) is 81.9 Å². The number of hydrogen-bond acceptors (Lipinski definition) is 6. The van der Waals surface area contributed by atoms with Crippen molar-refractivity contribution in [3.63, 3.8) is 0 Å². The molecule has 7 nitrogen and oxygen atoms in total. The fraction of sp³-hybridized carbons (Fsp3) is 0.208. The minimum atomic E-state index is -4.74. The van der Waals surface area contributed by atoms with Crippen molar-refractivity contribution in [1.29, 1.82) is 0 Å². The van der Waals surface area contributed by atoms with Gasteiger partial charge in [0.1, 0.15) is 5.37 Å². The largest absolute Gasteiger partial charge is 0.490 e. The van der Waals surface area contributed by atoms with Gasteiger partial charge in [-0.25, -0.2) is 0 Å². The molecule has 0 unspecified atom stereocenters. The van der Waals surface area contributed by atoms with Gasteiger partial charge in [0.05, 0.1) is 22.8 Å². The van der Waals surface area contributed by atoms with Gasteiger partial charge in [-0.05, 0) is 61.0 Å². The van der Waals surface area contributed by atoms with E-state index in [9.17, 15) is 28.1 Å². The predicted molar refractivity (Wildman–Crippen MR) is 130 cm³/mol. The smallest absolute Gasteiger partial charge is 0.416 e. The third-order valence-corrected chi connectivity index (χ3v) is 6.69. The highest BCUT2D eigenvalue weighted by atomic mass is 35.5. The third-order valence-electron chi connectivity index (χ3n) is 5.23. The zero-order valence-corrected chi connectivity index (χ0v) is 20.2. The summed E-state index contributed by atoms with van der Waals surface area (Å²) in [4.78, 5) is 24.8. The number of hydrogen-bond donors (Lipinski definition) is 0. The highest BCUT2D eigenvalue weighted by molar-refractivity contribution is 8.00. The minimum Gasteiger partial charge on any atom is -0.490 e. The van der Waals surface area contributed by atoms with Crippen LogP contribution < -0.4 is 14.4 Å². The van der Waals surface area contributed by atoms with Crippen molar-refractivity contribution in [2.24, 2.45) is 0 Å². The van der Waals surface area contributed by atoms with Crippen LogP contribution in [0.2, 0.25) is 5.02 Å². The maximum atomic E-state index is 13.0. The Morgan fingerprint density at radius 1 is 1.08 bits per heavy atom. The molecule has 0 spiro atoms. The molecule has 4 rings (SSSR count). The molecule has 1 heterocycles. The highest BCUT2D eigenvalue weighted by Crippen LogP contribution is 2.45. The fourth-order valence-corrected chi connectivity index (χ4v) is 4.92. The van der Waals surface area contributed by atoms with E-state index in [4.69, 9.17) is 21.1 Å². The first-order chi connectivity index (χ1) is 17.1. The van der Waals surface area contributed by atoms with Crippen LogP contribution in [-0.4, -0.2) is 23.2 Å². The molecule has 0 aliphatic carbocycles. The van der Waals surface area contributed by atoms with Crippen LogP contribution >= 0.6 is 23.4 Å². The van der Waals surface area contributed by atoms with Crippen molar-refractivity contribution < 1.29 is 32.4 Å². The average Bonchev–Trinajstić information content (AvgIpc) is 3.21. The minimum absolute atomic E-state index is 0.0795. The van der Waals surface area contributed by atoms with Crippen molar-refractivity contribution in [2.45, 2.75) is 18.5 Å². The Balaban J connectivity index is 1.68. The lowest BCUT2D eigenvalue weighted by atomic mass is 10.1. The number of alkyl halides is 3. The molecule has 1 amide bonds. The summed E-state index contributed by atoms with van der Waals surface area (Å²) in [5.74, 6) is 0.102. The van der Waals surface area contributed by atoms with Crippen molar-refractivity contribution in [2.75, 3.05) is 17.3 Å². The van der Waals surface area contributed by atoms with E-state index in [0.717, 1.165) is 6.07 Å². The van der Waals surface area contributed by atoms with E-state index in [2.05, 4.69) is 0 Å². The molecule has 1 fully saturated rings. The Labute approximate surface area is 212 Å². The summed E-state index contributed by atoms with van der Waals surface area (Å²) < 4.78 is 50.4. The Morgan fingerprint density at radius 2 is 1.78 bits per heavy atom. The van der Waals surface area contributed by atoms with Gasteiger partial charge in [-0.3, -0.25) is 19.8 Å². The second kappa shape index (κ2) is 10.3. The van der Waals surface area contributed by atoms with Gasteiger partial charge >= 0.3 is 11.9 Å². The number of ether oxygens (including phenoxy) is 2. The lowest BCUT2D eigenvalue weighted by Gasteiger charge is -2.25. The van der Waals surface area contributed by atoms with Crippen LogP contribution in [-0.2, 0) is 11.0 Å². The third kappa shape index (κ3) is 5.36. The normalized spacial score (nSPS) is 15.8. The molecule has 12 heteroatoms. The number of anilines is 1. The van der Waals surface area contributed by atoms with Gasteiger partial charge in [-0.2, -0.15) is 13.2 Å². The molecular formula is C24H18ClF3N2O5S. The molecule has 0 bridgehead atoms. The molecule has 1 aliphatic heterocycles. The number of nitro groups is 1. The Morgan fingerprint density at radius 3 is 2.42 bits per heavy atom. The summed E-state index contributed by atoms with van der Waals surface area (Å²) in [6, 6.07) is 13.7. The molecule has 36 heavy (non-hydrogen) atoms. The number of carbonyl (C=O) groups excluding carboxylic acids is 1. The van der Waals surface area contributed by atoms with E-state index < -0.39 is 22.4 Å². The number of nitro benzene ring substituents is 1.